The molecule has 4 heteroatoms. The standard InChI is InChI=1S/C10H14N2O2/c1-7-5-3-4-6-9(7)14-8(2)10(13)12-11/h3-6,8H,11H2,1-2H3,(H,12,13)/t8-/m0/s1. The highest BCUT2D eigenvalue weighted by Crippen LogP contribution is 2.17. The summed E-state index contributed by atoms with van der Waals surface area (Å²) in [4.78, 5) is 11.1. The second-order valence-electron chi connectivity index (χ2n) is 3.03. The van der Waals surface area contributed by atoms with E-state index in [0.717, 1.165) is 5.56 Å². The third-order valence-corrected chi connectivity index (χ3v) is 1.91. The topological polar surface area (TPSA) is 64.3 Å². The van der Waals surface area contributed by atoms with Crippen molar-refractivity contribution in [2.24, 2.45) is 5.84 Å². The number of aryl methyl sites for hydroxylation is 1. The van der Waals surface area contributed by atoms with Crippen LogP contribution in [-0.2, 0) is 4.79 Å². The van der Waals surface area contributed by atoms with Crippen LogP contribution in [0.5, 0.6) is 5.75 Å². The minimum absolute atomic E-state index is 0.340. The molecular formula is C10H14N2O2. The highest BCUT2D eigenvalue weighted by atomic mass is 16.5. The van der Waals surface area contributed by atoms with E-state index in [0.29, 0.717) is 5.75 Å². The van der Waals surface area contributed by atoms with Gasteiger partial charge in [0.25, 0.3) is 5.91 Å². The molecule has 1 amide bonds. The number of benzene rings is 1. The normalized spacial score (nSPS) is 11.9. The molecule has 0 aliphatic heterocycles. The lowest BCUT2D eigenvalue weighted by molar-refractivity contribution is -0.127. The van der Waals surface area contributed by atoms with Crippen LogP contribution in [0.3, 0.4) is 0 Å². The van der Waals surface area contributed by atoms with Gasteiger partial charge in [0.05, 0.1) is 0 Å². The van der Waals surface area contributed by atoms with Crippen molar-refractivity contribution >= 4 is 5.91 Å². The molecule has 14 heavy (non-hydrogen) atoms. The van der Waals surface area contributed by atoms with E-state index in [4.69, 9.17) is 10.6 Å². The molecule has 76 valence electrons. The predicted octanol–water partition coefficient (Wildman–Crippen LogP) is 0.752. The molecule has 0 aromatic heterocycles. The number of nitrogens with two attached hydrogens (primary N) is 1. The Bertz CT molecular complexity index is 326. The molecule has 3 N–H and O–H groups in total. The minimum atomic E-state index is -0.582. The summed E-state index contributed by atoms with van der Waals surface area (Å²) in [6.45, 7) is 3.57. The number of ether oxygens (including phenoxy) is 1. The molecule has 0 fully saturated rings. The van der Waals surface area contributed by atoms with Crippen molar-refractivity contribution in [2.75, 3.05) is 0 Å². The Morgan fingerprint density at radius 2 is 2.14 bits per heavy atom. The molecule has 0 radical (unpaired) electrons. The molecule has 1 aromatic rings. The summed E-state index contributed by atoms with van der Waals surface area (Å²) >= 11 is 0. The SMILES string of the molecule is Cc1ccccc1O[C@@H](C)C(=O)NN. The van der Waals surface area contributed by atoms with Gasteiger partial charge in [-0.15, -0.1) is 0 Å². The zero-order valence-electron chi connectivity index (χ0n) is 8.28. The third-order valence-electron chi connectivity index (χ3n) is 1.91. The fourth-order valence-corrected chi connectivity index (χ4v) is 1.05. The summed E-state index contributed by atoms with van der Waals surface area (Å²) in [6.07, 6.45) is -0.582. The maximum atomic E-state index is 11.1. The van der Waals surface area contributed by atoms with Crippen LogP contribution in [0.2, 0.25) is 0 Å². The first-order valence-corrected chi connectivity index (χ1v) is 4.38. The maximum Gasteiger partial charge on any atom is 0.274 e. The summed E-state index contributed by atoms with van der Waals surface area (Å²) in [6, 6.07) is 7.50. The van der Waals surface area contributed by atoms with Crippen molar-refractivity contribution in [3.8, 4) is 5.75 Å². The lowest BCUT2D eigenvalue weighted by Crippen LogP contribution is -2.40. The van der Waals surface area contributed by atoms with Crippen LogP contribution in [0.25, 0.3) is 0 Å². The van der Waals surface area contributed by atoms with Crippen LogP contribution in [0.4, 0.5) is 0 Å². The average Bonchev–Trinajstić information content (AvgIpc) is 2.20. The number of carbonyl (C=O) groups excluding carboxylic acids is 1. The number of rotatable bonds is 3. The molecule has 0 saturated heterocycles. The Morgan fingerprint density at radius 3 is 2.71 bits per heavy atom. The second kappa shape index (κ2) is 4.62. The molecule has 1 atom stereocenters. The van der Waals surface area contributed by atoms with Gasteiger partial charge in [0, 0.05) is 0 Å². The van der Waals surface area contributed by atoms with Gasteiger partial charge in [0.2, 0.25) is 0 Å². The van der Waals surface area contributed by atoms with Gasteiger partial charge in [0.1, 0.15) is 5.75 Å². The largest absolute Gasteiger partial charge is 0.481 e. The Balaban J connectivity index is 2.69. The van der Waals surface area contributed by atoms with E-state index < -0.39 is 6.10 Å². The van der Waals surface area contributed by atoms with Gasteiger partial charge in [-0.1, -0.05) is 18.2 Å². The highest BCUT2D eigenvalue weighted by Gasteiger charge is 2.13. The molecule has 0 bridgehead atoms. The first kappa shape index (κ1) is 10.5. The molecule has 0 spiro atoms. The van der Waals surface area contributed by atoms with Gasteiger partial charge in [0.15, 0.2) is 6.10 Å². The Labute approximate surface area is 83.0 Å². The smallest absolute Gasteiger partial charge is 0.274 e. The summed E-state index contributed by atoms with van der Waals surface area (Å²) in [5.74, 6) is 5.34. The van der Waals surface area contributed by atoms with Gasteiger partial charge in [-0.25, -0.2) is 5.84 Å². The first-order chi connectivity index (χ1) is 6.65. The monoisotopic (exact) mass is 194 g/mol. The minimum Gasteiger partial charge on any atom is -0.481 e. The Kier molecular flexibility index (Phi) is 3.48. The van der Waals surface area contributed by atoms with Crippen molar-refractivity contribution in [1.82, 2.24) is 5.43 Å². The zero-order chi connectivity index (χ0) is 10.6. The number of carbonyl (C=O) groups is 1. The Morgan fingerprint density at radius 1 is 1.50 bits per heavy atom. The van der Waals surface area contributed by atoms with Crippen molar-refractivity contribution in [3.63, 3.8) is 0 Å². The van der Waals surface area contributed by atoms with Crippen LogP contribution in [0, 0.1) is 6.92 Å². The summed E-state index contributed by atoms with van der Waals surface area (Å²) in [5, 5.41) is 0. The van der Waals surface area contributed by atoms with Gasteiger partial charge in [-0.05, 0) is 25.5 Å². The number of amides is 1. The molecule has 0 aliphatic rings. The quantitative estimate of drug-likeness (QED) is 0.424. The lowest BCUT2D eigenvalue weighted by atomic mass is 10.2. The molecule has 0 unspecified atom stereocenters. The van der Waals surface area contributed by atoms with Crippen molar-refractivity contribution in [1.29, 1.82) is 0 Å². The van der Waals surface area contributed by atoms with Crippen molar-refractivity contribution < 1.29 is 9.53 Å². The van der Waals surface area contributed by atoms with E-state index in [2.05, 4.69) is 0 Å². The number of nitrogens with one attached hydrogen (secondary N) is 1. The van der Waals surface area contributed by atoms with Crippen LogP contribution in [0.1, 0.15) is 12.5 Å². The number of hydrazine groups is 1. The highest BCUT2D eigenvalue weighted by molar-refractivity contribution is 5.80. The number of hydrogen-bond acceptors (Lipinski definition) is 3. The van der Waals surface area contributed by atoms with E-state index in [9.17, 15) is 4.79 Å². The van der Waals surface area contributed by atoms with Crippen LogP contribution < -0.4 is 16.0 Å². The fourth-order valence-electron chi connectivity index (χ4n) is 1.05. The molecule has 1 aromatic carbocycles. The van der Waals surface area contributed by atoms with E-state index in [-0.39, 0.29) is 5.91 Å². The van der Waals surface area contributed by atoms with E-state index >= 15 is 0 Å². The van der Waals surface area contributed by atoms with Gasteiger partial charge >= 0.3 is 0 Å². The van der Waals surface area contributed by atoms with Crippen molar-refractivity contribution in [2.45, 2.75) is 20.0 Å². The van der Waals surface area contributed by atoms with Crippen LogP contribution in [0.15, 0.2) is 24.3 Å². The molecule has 0 heterocycles. The molecule has 1 rings (SSSR count). The van der Waals surface area contributed by atoms with Crippen LogP contribution in [-0.4, -0.2) is 12.0 Å². The third kappa shape index (κ3) is 2.47. The molecule has 0 aliphatic carbocycles. The lowest BCUT2D eigenvalue weighted by Gasteiger charge is -2.14. The first-order valence-electron chi connectivity index (χ1n) is 4.38. The van der Waals surface area contributed by atoms with E-state index in [1.165, 1.54) is 0 Å². The zero-order valence-corrected chi connectivity index (χ0v) is 8.28. The summed E-state index contributed by atoms with van der Waals surface area (Å²) in [7, 11) is 0. The average molecular weight is 194 g/mol. The summed E-state index contributed by atoms with van der Waals surface area (Å²) < 4.78 is 5.41. The predicted molar refractivity (Wildman–Crippen MR) is 53.6 cm³/mol. The van der Waals surface area contributed by atoms with E-state index in [1.54, 1.807) is 6.92 Å². The fraction of sp³-hybridized carbons (Fsp3) is 0.300. The molecule has 4 nitrogen and oxygen atoms in total. The molecule has 0 saturated carbocycles. The maximum absolute atomic E-state index is 11.1. The second-order valence-corrected chi connectivity index (χ2v) is 3.03. The van der Waals surface area contributed by atoms with Crippen LogP contribution >= 0.6 is 0 Å². The van der Waals surface area contributed by atoms with Gasteiger partial charge < -0.3 is 4.74 Å². The number of hydrogen-bond donors (Lipinski definition) is 2. The summed E-state index contributed by atoms with van der Waals surface area (Å²) in [5.41, 5.74) is 3.03. The molecular weight excluding hydrogens is 180 g/mol. The van der Waals surface area contributed by atoms with Crippen molar-refractivity contribution in [3.05, 3.63) is 29.8 Å². The van der Waals surface area contributed by atoms with Gasteiger partial charge in [-0.3, -0.25) is 10.2 Å². The van der Waals surface area contributed by atoms with Gasteiger partial charge in [-0.2, -0.15) is 0 Å². The van der Waals surface area contributed by atoms with E-state index in [1.807, 2.05) is 36.6 Å². The Hall–Kier alpha value is -1.55. The number of para-hydroxylation sites is 1.